The van der Waals surface area contributed by atoms with E-state index >= 15 is 0 Å². The molecule has 1 aliphatic rings. The van der Waals surface area contributed by atoms with Gasteiger partial charge in [-0.2, -0.15) is 0 Å². The number of nitrogens with two attached hydrogens (primary N) is 1. The van der Waals surface area contributed by atoms with Crippen LogP contribution in [0.1, 0.15) is 35.7 Å². The van der Waals surface area contributed by atoms with E-state index in [9.17, 15) is 4.79 Å². The average molecular weight is 232 g/mol. The van der Waals surface area contributed by atoms with Crippen molar-refractivity contribution in [3.05, 3.63) is 29.3 Å². The van der Waals surface area contributed by atoms with E-state index in [1.165, 1.54) is 0 Å². The first kappa shape index (κ1) is 12.0. The molecule has 1 fully saturated rings. The molecular formula is C14H20N2O. The van der Waals surface area contributed by atoms with E-state index < -0.39 is 0 Å². The number of benzene rings is 1. The van der Waals surface area contributed by atoms with Crippen molar-refractivity contribution in [2.75, 3.05) is 18.8 Å². The number of hydrogen-bond acceptors (Lipinski definition) is 2. The van der Waals surface area contributed by atoms with E-state index in [1.54, 1.807) is 0 Å². The Morgan fingerprint density at radius 2 is 2.00 bits per heavy atom. The maximum atomic E-state index is 12.3. The summed E-state index contributed by atoms with van der Waals surface area (Å²) in [4.78, 5) is 14.2. The Hall–Kier alpha value is -1.51. The third-order valence-corrected chi connectivity index (χ3v) is 3.51. The predicted molar refractivity (Wildman–Crippen MR) is 69.9 cm³/mol. The lowest BCUT2D eigenvalue weighted by Crippen LogP contribution is -2.38. The highest BCUT2D eigenvalue weighted by molar-refractivity contribution is 5.99. The van der Waals surface area contributed by atoms with Gasteiger partial charge in [-0.15, -0.1) is 0 Å². The molecule has 1 aliphatic heterocycles. The Morgan fingerprint density at radius 3 is 2.65 bits per heavy atom. The summed E-state index contributed by atoms with van der Waals surface area (Å²) in [5.74, 6) is 0.812. The molecule has 2 N–H and O–H groups in total. The number of aryl methyl sites for hydroxylation is 1. The van der Waals surface area contributed by atoms with E-state index in [4.69, 9.17) is 5.73 Å². The van der Waals surface area contributed by atoms with Crippen LogP contribution < -0.4 is 5.73 Å². The van der Waals surface area contributed by atoms with Crippen molar-refractivity contribution in [3.63, 3.8) is 0 Å². The van der Waals surface area contributed by atoms with Crippen molar-refractivity contribution in [1.82, 2.24) is 4.90 Å². The summed E-state index contributed by atoms with van der Waals surface area (Å²) in [7, 11) is 0. The van der Waals surface area contributed by atoms with Gasteiger partial charge < -0.3 is 10.6 Å². The summed E-state index contributed by atoms with van der Waals surface area (Å²) in [6.07, 6.45) is 2.19. The van der Waals surface area contributed by atoms with Gasteiger partial charge in [0.25, 0.3) is 5.91 Å². The normalized spacial score (nSPS) is 17.2. The summed E-state index contributed by atoms with van der Waals surface area (Å²) < 4.78 is 0. The van der Waals surface area contributed by atoms with Crippen LogP contribution in [0.4, 0.5) is 5.69 Å². The van der Waals surface area contributed by atoms with Crippen molar-refractivity contribution in [3.8, 4) is 0 Å². The van der Waals surface area contributed by atoms with Crippen molar-refractivity contribution < 1.29 is 4.79 Å². The number of carbonyl (C=O) groups is 1. The lowest BCUT2D eigenvalue weighted by Gasteiger charge is -2.30. The molecule has 0 unspecified atom stereocenters. The maximum Gasteiger partial charge on any atom is 0.255 e. The Morgan fingerprint density at radius 1 is 1.35 bits per heavy atom. The van der Waals surface area contributed by atoms with Crippen LogP contribution in [0, 0.1) is 12.8 Å². The number of hydrogen-bond donors (Lipinski definition) is 1. The second kappa shape index (κ2) is 4.78. The van der Waals surface area contributed by atoms with Crippen molar-refractivity contribution >= 4 is 11.6 Å². The molecule has 0 spiro atoms. The van der Waals surface area contributed by atoms with E-state index in [1.807, 2.05) is 30.0 Å². The number of rotatable bonds is 1. The molecule has 17 heavy (non-hydrogen) atoms. The monoisotopic (exact) mass is 232 g/mol. The standard InChI is InChI=1S/C14H20N2O/c1-10-5-7-16(8-6-10)14(17)12-9-11(2)3-4-13(12)15/h3-4,9-10H,5-8,15H2,1-2H3. The molecule has 92 valence electrons. The zero-order valence-electron chi connectivity index (χ0n) is 10.6. The van der Waals surface area contributed by atoms with Crippen LogP contribution in [0.2, 0.25) is 0 Å². The van der Waals surface area contributed by atoms with Gasteiger partial charge in [0.1, 0.15) is 0 Å². The molecule has 2 rings (SSSR count). The van der Waals surface area contributed by atoms with Gasteiger partial charge in [0, 0.05) is 18.8 Å². The lowest BCUT2D eigenvalue weighted by atomic mass is 9.98. The van der Waals surface area contributed by atoms with Crippen molar-refractivity contribution in [1.29, 1.82) is 0 Å². The Balaban J connectivity index is 2.16. The summed E-state index contributed by atoms with van der Waals surface area (Å²) in [6.45, 7) is 5.93. The number of anilines is 1. The number of amides is 1. The smallest absolute Gasteiger partial charge is 0.255 e. The zero-order valence-corrected chi connectivity index (χ0v) is 10.6. The first-order chi connectivity index (χ1) is 8.08. The molecule has 0 aliphatic carbocycles. The molecule has 1 amide bonds. The number of carbonyl (C=O) groups excluding carboxylic acids is 1. The van der Waals surface area contributed by atoms with Gasteiger partial charge in [-0.25, -0.2) is 0 Å². The first-order valence-corrected chi connectivity index (χ1v) is 6.23. The molecule has 0 atom stereocenters. The van der Waals surface area contributed by atoms with Crippen LogP contribution in [0.3, 0.4) is 0 Å². The van der Waals surface area contributed by atoms with Gasteiger partial charge in [0.05, 0.1) is 5.56 Å². The van der Waals surface area contributed by atoms with Crippen LogP contribution >= 0.6 is 0 Å². The van der Waals surface area contributed by atoms with Gasteiger partial charge in [0.15, 0.2) is 0 Å². The van der Waals surface area contributed by atoms with E-state index in [0.717, 1.165) is 37.4 Å². The van der Waals surface area contributed by atoms with Crippen molar-refractivity contribution in [2.24, 2.45) is 5.92 Å². The highest BCUT2D eigenvalue weighted by Crippen LogP contribution is 2.21. The molecule has 3 heteroatoms. The molecule has 0 aromatic heterocycles. The van der Waals surface area contributed by atoms with Crippen LogP contribution in [-0.4, -0.2) is 23.9 Å². The minimum absolute atomic E-state index is 0.0816. The fraction of sp³-hybridized carbons (Fsp3) is 0.500. The maximum absolute atomic E-state index is 12.3. The van der Waals surface area contributed by atoms with Crippen LogP contribution in [0.25, 0.3) is 0 Å². The minimum atomic E-state index is 0.0816. The van der Waals surface area contributed by atoms with Crippen LogP contribution in [0.15, 0.2) is 18.2 Å². The number of nitrogens with zero attached hydrogens (tertiary/aromatic N) is 1. The fourth-order valence-electron chi connectivity index (χ4n) is 2.24. The predicted octanol–water partition coefficient (Wildman–Crippen LogP) is 2.45. The molecule has 1 heterocycles. The van der Waals surface area contributed by atoms with E-state index in [-0.39, 0.29) is 5.91 Å². The van der Waals surface area contributed by atoms with Gasteiger partial charge in [0.2, 0.25) is 0 Å². The highest BCUT2D eigenvalue weighted by Gasteiger charge is 2.22. The Labute approximate surface area is 103 Å². The molecule has 1 aromatic carbocycles. The molecule has 0 radical (unpaired) electrons. The number of likely N-dealkylation sites (tertiary alicyclic amines) is 1. The van der Waals surface area contributed by atoms with E-state index in [2.05, 4.69) is 6.92 Å². The third kappa shape index (κ3) is 2.60. The average Bonchev–Trinajstić information content (AvgIpc) is 2.32. The first-order valence-electron chi connectivity index (χ1n) is 6.23. The summed E-state index contributed by atoms with van der Waals surface area (Å²) in [6, 6.07) is 5.63. The molecule has 0 bridgehead atoms. The molecule has 1 saturated heterocycles. The number of nitrogen functional groups attached to an aromatic ring is 1. The molecule has 3 nitrogen and oxygen atoms in total. The Kier molecular flexibility index (Phi) is 3.36. The largest absolute Gasteiger partial charge is 0.398 e. The summed E-state index contributed by atoms with van der Waals surface area (Å²) in [5, 5.41) is 0. The topological polar surface area (TPSA) is 46.3 Å². The SMILES string of the molecule is Cc1ccc(N)c(C(=O)N2CCC(C)CC2)c1. The summed E-state index contributed by atoms with van der Waals surface area (Å²) in [5.41, 5.74) is 8.19. The fourth-order valence-corrected chi connectivity index (χ4v) is 2.24. The van der Waals surface area contributed by atoms with Gasteiger partial charge in [-0.1, -0.05) is 18.6 Å². The minimum Gasteiger partial charge on any atom is -0.398 e. The van der Waals surface area contributed by atoms with Gasteiger partial charge >= 0.3 is 0 Å². The summed E-state index contributed by atoms with van der Waals surface area (Å²) >= 11 is 0. The second-order valence-corrected chi connectivity index (χ2v) is 5.07. The molecular weight excluding hydrogens is 212 g/mol. The molecule has 1 aromatic rings. The van der Waals surface area contributed by atoms with E-state index in [0.29, 0.717) is 11.3 Å². The van der Waals surface area contributed by atoms with Gasteiger partial charge in [-0.05, 0) is 37.8 Å². The van der Waals surface area contributed by atoms with Crippen LogP contribution in [0.5, 0.6) is 0 Å². The van der Waals surface area contributed by atoms with Crippen LogP contribution in [-0.2, 0) is 0 Å². The lowest BCUT2D eigenvalue weighted by molar-refractivity contribution is 0.0698. The highest BCUT2D eigenvalue weighted by atomic mass is 16.2. The Bertz CT molecular complexity index is 420. The number of piperidine rings is 1. The zero-order chi connectivity index (χ0) is 12.4. The second-order valence-electron chi connectivity index (χ2n) is 5.07. The quantitative estimate of drug-likeness (QED) is 0.756. The molecule has 0 saturated carbocycles. The van der Waals surface area contributed by atoms with Crippen molar-refractivity contribution in [2.45, 2.75) is 26.7 Å². The third-order valence-electron chi connectivity index (χ3n) is 3.51. The van der Waals surface area contributed by atoms with Gasteiger partial charge in [-0.3, -0.25) is 4.79 Å².